The van der Waals surface area contributed by atoms with Crippen LogP contribution in [0.25, 0.3) is 0 Å². The number of methoxy groups -OCH3 is 1. The molecule has 0 saturated heterocycles. The van der Waals surface area contributed by atoms with Crippen LogP contribution < -0.4 is 0 Å². The molecule has 4 nitrogen and oxygen atoms in total. The third kappa shape index (κ3) is 2.02. The maximum atomic E-state index is 13.1. The van der Waals surface area contributed by atoms with Crippen molar-refractivity contribution in [3.8, 4) is 0 Å². The normalized spacial score (nSPS) is 9.00. The number of hydrogen-bond acceptors (Lipinski definition) is 4. The van der Waals surface area contributed by atoms with Crippen LogP contribution in [0.3, 0.4) is 0 Å². The standard InChI is InChI=1S/C9H6FNO3/c1-14-9(13)6-2-3-8(11-5-12)7(10)4-6/h2-4H,1H3. The fourth-order valence-corrected chi connectivity index (χ4v) is 0.892. The molecule has 0 N–H and O–H groups in total. The number of hydrogen-bond donors (Lipinski definition) is 0. The van der Waals surface area contributed by atoms with Crippen LogP contribution in [0.2, 0.25) is 0 Å². The molecule has 0 heterocycles. The number of aliphatic imine (C=N–C) groups is 1. The summed E-state index contributed by atoms with van der Waals surface area (Å²) in [5, 5.41) is 0. The molecule has 0 bridgehead atoms. The van der Waals surface area contributed by atoms with Gasteiger partial charge in [-0.25, -0.2) is 14.0 Å². The average Bonchev–Trinajstić information content (AvgIpc) is 2.20. The number of carbonyl (C=O) groups excluding carboxylic acids is 2. The van der Waals surface area contributed by atoms with Crippen molar-refractivity contribution >= 4 is 17.7 Å². The van der Waals surface area contributed by atoms with Gasteiger partial charge in [-0.1, -0.05) is 0 Å². The first kappa shape index (κ1) is 10.1. The molecule has 0 aromatic heterocycles. The summed E-state index contributed by atoms with van der Waals surface area (Å²) in [5.74, 6) is -1.42. The highest BCUT2D eigenvalue weighted by Gasteiger charge is 2.08. The predicted octanol–water partition coefficient (Wildman–Crippen LogP) is 1.58. The summed E-state index contributed by atoms with van der Waals surface area (Å²) in [6, 6.07) is 3.46. The summed E-state index contributed by atoms with van der Waals surface area (Å²) in [5.41, 5.74) is -0.0949. The van der Waals surface area contributed by atoms with Crippen molar-refractivity contribution in [2.24, 2.45) is 4.99 Å². The second-order valence-corrected chi connectivity index (χ2v) is 2.36. The number of benzene rings is 1. The Balaban J connectivity index is 3.12. The molecule has 0 amide bonds. The fraction of sp³-hybridized carbons (Fsp3) is 0.111. The Kier molecular flexibility index (Phi) is 3.09. The van der Waals surface area contributed by atoms with Crippen molar-refractivity contribution in [2.75, 3.05) is 7.11 Å². The van der Waals surface area contributed by atoms with Gasteiger partial charge in [0.1, 0.15) is 5.69 Å². The van der Waals surface area contributed by atoms with E-state index in [0.29, 0.717) is 0 Å². The van der Waals surface area contributed by atoms with Crippen LogP contribution >= 0.6 is 0 Å². The maximum absolute atomic E-state index is 13.1. The molecule has 0 radical (unpaired) electrons. The molecule has 14 heavy (non-hydrogen) atoms. The molecule has 0 spiro atoms. The second-order valence-electron chi connectivity index (χ2n) is 2.36. The van der Waals surface area contributed by atoms with Gasteiger partial charge < -0.3 is 4.74 Å². The maximum Gasteiger partial charge on any atom is 0.337 e. The molecule has 0 aliphatic carbocycles. The van der Waals surface area contributed by atoms with Gasteiger partial charge in [-0.05, 0) is 18.2 Å². The molecule has 5 heteroatoms. The lowest BCUT2D eigenvalue weighted by Gasteiger charge is -1.99. The van der Waals surface area contributed by atoms with Crippen LogP contribution in [0.5, 0.6) is 0 Å². The molecular formula is C9H6FNO3. The molecule has 1 rings (SSSR count). The van der Waals surface area contributed by atoms with E-state index in [1.54, 1.807) is 0 Å². The van der Waals surface area contributed by atoms with E-state index in [1.165, 1.54) is 25.3 Å². The van der Waals surface area contributed by atoms with E-state index in [4.69, 9.17) is 0 Å². The first-order valence-corrected chi connectivity index (χ1v) is 3.64. The lowest BCUT2D eigenvalue weighted by Crippen LogP contribution is -2.01. The predicted molar refractivity (Wildman–Crippen MR) is 45.5 cm³/mol. The van der Waals surface area contributed by atoms with Crippen LogP contribution in [0.15, 0.2) is 23.2 Å². The molecule has 0 unspecified atom stereocenters. The molecule has 0 saturated carbocycles. The fourth-order valence-electron chi connectivity index (χ4n) is 0.892. The summed E-state index contributed by atoms with van der Waals surface area (Å²) >= 11 is 0. The number of esters is 1. The molecule has 0 aliphatic rings. The van der Waals surface area contributed by atoms with Gasteiger partial charge in [0.15, 0.2) is 5.82 Å². The summed E-state index contributed by atoms with van der Waals surface area (Å²) in [6.45, 7) is 0. The van der Waals surface area contributed by atoms with Gasteiger partial charge in [0.05, 0.1) is 12.7 Å². The van der Waals surface area contributed by atoms with Gasteiger partial charge in [0, 0.05) is 0 Å². The highest BCUT2D eigenvalue weighted by molar-refractivity contribution is 5.89. The molecule has 1 aromatic carbocycles. The number of carbonyl (C=O) groups is 1. The second kappa shape index (κ2) is 4.30. The highest BCUT2D eigenvalue weighted by Crippen LogP contribution is 2.18. The van der Waals surface area contributed by atoms with Crippen LogP contribution in [0, 0.1) is 5.82 Å². The van der Waals surface area contributed by atoms with Crippen LogP contribution in [0.1, 0.15) is 10.4 Å². The minimum absolute atomic E-state index is 0.0647. The van der Waals surface area contributed by atoms with Crippen LogP contribution in [0.4, 0.5) is 10.1 Å². The summed E-state index contributed by atoms with van der Waals surface area (Å²) in [4.78, 5) is 23.9. The van der Waals surface area contributed by atoms with Crippen molar-refractivity contribution < 1.29 is 18.7 Å². The Morgan fingerprint density at radius 3 is 2.79 bits per heavy atom. The smallest absolute Gasteiger partial charge is 0.337 e. The third-order valence-electron chi connectivity index (χ3n) is 1.53. The zero-order chi connectivity index (χ0) is 10.6. The van der Waals surface area contributed by atoms with Gasteiger partial charge in [0.25, 0.3) is 0 Å². The molecule has 0 aliphatic heterocycles. The van der Waals surface area contributed by atoms with E-state index in [0.717, 1.165) is 6.07 Å². The molecule has 72 valence electrons. The van der Waals surface area contributed by atoms with Gasteiger partial charge >= 0.3 is 5.97 Å². The van der Waals surface area contributed by atoms with Crippen LogP contribution in [-0.4, -0.2) is 19.2 Å². The zero-order valence-corrected chi connectivity index (χ0v) is 7.28. The van der Waals surface area contributed by atoms with E-state index in [9.17, 15) is 14.0 Å². The Morgan fingerprint density at radius 1 is 1.57 bits per heavy atom. The van der Waals surface area contributed by atoms with Crippen LogP contribution in [-0.2, 0) is 9.53 Å². The van der Waals surface area contributed by atoms with Crippen molar-refractivity contribution in [3.63, 3.8) is 0 Å². The number of ether oxygens (including phenoxy) is 1. The largest absolute Gasteiger partial charge is 0.465 e. The Labute approximate surface area is 79.0 Å². The molecular weight excluding hydrogens is 189 g/mol. The topological polar surface area (TPSA) is 55.7 Å². The quantitative estimate of drug-likeness (QED) is 0.409. The van der Waals surface area contributed by atoms with Gasteiger partial charge in [-0.2, -0.15) is 4.99 Å². The number of rotatable bonds is 2. The Bertz CT molecular complexity index is 411. The van der Waals surface area contributed by atoms with Crippen molar-refractivity contribution in [2.45, 2.75) is 0 Å². The molecule has 0 fully saturated rings. The summed E-state index contributed by atoms with van der Waals surface area (Å²) in [6.07, 6.45) is 1.21. The van der Waals surface area contributed by atoms with E-state index < -0.39 is 11.8 Å². The first-order chi connectivity index (χ1) is 6.69. The SMILES string of the molecule is COC(=O)c1ccc(N=C=O)c(F)c1. The Morgan fingerprint density at radius 2 is 2.29 bits per heavy atom. The third-order valence-corrected chi connectivity index (χ3v) is 1.53. The van der Waals surface area contributed by atoms with E-state index >= 15 is 0 Å². The summed E-state index contributed by atoms with van der Waals surface area (Å²) < 4.78 is 17.4. The minimum Gasteiger partial charge on any atom is -0.465 e. The number of nitrogens with zero attached hydrogens (tertiary/aromatic N) is 1. The Hall–Kier alpha value is -2.00. The van der Waals surface area contributed by atoms with E-state index in [-0.39, 0.29) is 11.3 Å². The van der Waals surface area contributed by atoms with Crippen molar-refractivity contribution in [3.05, 3.63) is 29.6 Å². The number of isocyanates is 1. The van der Waals surface area contributed by atoms with E-state index in [1.807, 2.05) is 0 Å². The van der Waals surface area contributed by atoms with Crippen molar-refractivity contribution in [1.29, 1.82) is 0 Å². The van der Waals surface area contributed by atoms with Gasteiger partial charge in [-0.3, -0.25) is 0 Å². The molecule has 1 aromatic rings. The highest BCUT2D eigenvalue weighted by atomic mass is 19.1. The monoisotopic (exact) mass is 195 g/mol. The summed E-state index contributed by atoms with van der Waals surface area (Å²) in [7, 11) is 1.19. The molecule has 0 atom stereocenters. The first-order valence-electron chi connectivity index (χ1n) is 3.64. The van der Waals surface area contributed by atoms with Gasteiger partial charge in [-0.15, -0.1) is 0 Å². The lowest BCUT2D eigenvalue weighted by molar-refractivity contribution is 0.0600. The number of halogens is 1. The minimum atomic E-state index is -0.767. The lowest BCUT2D eigenvalue weighted by atomic mass is 10.2. The zero-order valence-electron chi connectivity index (χ0n) is 7.28. The van der Waals surface area contributed by atoms with Gasteiger partial charge in [0.2, 0.25) is 6.08 Å². The van der Waals surface area contributed by atoms with Crippen molar-refractivity contribution in [1.82, 2.24) is 0 Å². The average molecular weight is 195 g/mol. The van der Waals surface area contributed by atoms with E-state index in [2.05, 4.69) is 9.73 Å².